The van der Waals surface area contributed by atoms with Gasteiger partial charge in [0.25, 0.3) is 5.92 Å². The lowest BCUT2D eigenvalue weighted by atomic mass is 10.0. The molecule has 1 atom stereocenters. The minimum atomic E-state index is -2.77. The highest BCUT2D eigenvalue weighted by Crippen LogP contribution is 2.22. The molecule has 1 amide bonds. The summed E-state index contributed by atoms with van der Waals surface area (Å²) in [6.07, 6.45) is -1.00. The van der Waals surface area contributed by atoms with Gasteiger partial charge >= 0.3 is 6.09 Å². The molecule has 1 heterocycles. The van der Waals surface area contributed by atoms with Gasteiger partial charge in [0.1, 0.15) is 5.60 Å². The average molecular weight is 236 g/mol. The van der Waals surface area contributed by atoms with Crippen molar-refractivity contribution in [3.05, 3.63) is 0 Å². The van der Waals surface area contributed by atoms with Crippen LogP contribution in [0.4, 0.5) is 13.6 Å². The van der Waals surface area contributed by atoms with Crippen LogP contribution in [0.15, 0.2) is 0 Å². The third-order valence-corrected chi connectivity index (χ3v) is 2.04. The summed E-state index contributed by atoms with van der Waals surface area (Å²) in [4.78, 5) is 11.3. The topological polar surface area (TPSA) is 50.4 Å². The van der Waals surface area contributed by atoms with E-state index >= 15 is 0 Å². The highest BCUT2D eigenvalue weighted by atomic mass is 19.3. The number of hydrogen-bond donors (Lipinski definition) is 2. The molecule has 4 nitrogen and oxygen atoms in total. The molecular formula is C10H18F2N2O2. The third-order valence-electron chi connectivity index (χ3n) is 2.04. The molecule has 1 aliphatic heterocycles. The van der Waals surface area contributed by atoms with Crippen LogP contribution in [0.25, 0.3) is 0 Å². The summed E-state index contributed by atoms with van der Waals surface area (Å²) >= 11 is 0. The van der Waals surface area contributed by atoms with Gasteiger partial charge in [0.05, 0.1) is 12.6 Å². The van der Waals surface area contributed by atoms with Crippen LogP contribution in [-0.2, 0) is 4.74 Å². The van der Waals surface area contributed by atoms with Crippen LogP contribution >= 0.6 is 0 Å². The van der Waals surface area contributed by atoms with E-state index in [9.17, 15) is 13.6 Å². The zero-order chi connectivity index (χ0) is 12.4. The number of halogens is 2. The SMILES string of the molecule is CC(C)(C)OC(=O)N[C@H]1CNCC(F)(F)C1. The van der Waals surface area contributed by atoms with Gasteiger partial charge in [0.2, 0.25) is 0 Å². The van der Waals surface area contributed by atoms with Crippen molar-refractivity contribution < 1.29 is 18.3 Å². The van der Waals surface area contributed by atoms with Crippen LogP contribution in [0.1, 0.15) is 27.2 Å². The van der Waals surface area contributed by atoms with Crippen molar-refractivity contribution in [3.8, 4) is 0 Å². The Labute approximate surface area is 93.7 Å². The number of carbonyl (C=O) groups is 1. The smallest absolute Gasteiger partial charge is 0.407 e. The fourth-order valence-corrected chi connectivity index (χ4v) is 1.51. The second-order valence-electron chi connectivity index (χ2n) is 5.03. The van der Waals surface area contributed by atoms with Gasteiger partial charge in [-0.25, -0.2) is 13.6 Å². The molecule has 0 unspecified atom stereocenters. The average Bonchev–Trinajstić information content (AvgIpc) is 1.96. The molecule has 1 rings (SSSR count). The van der Waals surface area contributed by atoms with E-state index in [2.05, 4.69) is 10.6 Å². The Bertz CT molecular complexity index is 264. The normalized spacial score (nSPS) is 24.9. The first-order chi connectivity index (χ1) is 7.18. The van der Waals surface area contributed by atoms with E-state index in [0.29, 0.717) is 6.54 Å². The molecule has 6 heteroatoms. The maximum absolute atomic E-state index is 13.0. The molecule has 0 aliphatic carbocycles. The minimum absolute atomic E-state index is 0.334. The number of piperidine rings is 1. The molecule has 1 saturated heterocycles. The number of hydrogen-bond acceptors (Lipinski definition) is 3. The number of amides is 1. The molecule has 94 valence electrons. The maximum Gasteiger partial charge on any atom is 0.407 e. The lowest BCUT2D eigenvalue weighted by molar-refractivity contribution is -0.0322. The standard InChI is InChI=1S/C10H18F2N2O2/c1-9(2,3)16-8(15)14-7-4-10(11,12)6-13-5-7/h7,13H,4-6H2,1-3H3,(H,14,15)/t7-/m1/s1. The van der Waals surface area contributed by atoms with Gasteiger partial charge in [0, 0.05) is 13.0 Å². The maximum atomic E-state index is 13.0. The Balaban J connectivity index is 2.40. The van der Waals surface area contributed by atoms with E-state index in [4.69, 9.17) is 4.74 Å². The van der Waals surface area contributed by atoms with E-state index < -0.39 is 23.7 Å². The lowest BCUT2D eigenvalue weighted by Gasteiger charge is -2.31. The van der Waals surface area contributed by atoms with Crippen LogP contribution in [0, 0.1) is 0 Å². The van der Waals surface area contributed by atoms with Crippen molar-refractivity contribution in [1.29, 1.82) is 0 Å². The molecule has 0 spiro atoms. The lowest BCUT2D eigenvalue weighted by Crippen LogP contribution is -2.54. The van der Waals surface area contributed by atoms with E-state index in [-0.39, 0.29) is 13.0 Å². The van der Waals surface area contributed by atoms with Crippen molar-refractivity contribution in [2.24, 2.45) is 0 Å². The van der Waals surface area contributed by atoms with Gasteiger partial charge in [-0.3, -0.25) is 0 Å². The van der Waals surface area contributed by atoms with Crippen molar-refractivity contribution in [3.63, 3.8) is 0 Å². The fraction of sp³-hybridized carbons (Fsp3) is 0.900. The third kappa shape index (κ3) is 4.74. The van der Waals surface area contributed by atoms with Crippen LogP contribution in [0.3, 0.4) is 0 Å². The zero-order valence-corrected chi connectivity index (χ0v) is 9.77. The van der Waals surface area contributed by atoms with Crippen molar-refractivity contribution in [2.75, 3.05) is 13.1 Å². The summed E-state index contributed by atoms with van der Waals surface area (Å²) in [6.45, 7) is 5.18. The Morgan fingerprint density at radius 1 is 1.50 bits per heavy atom. The summed E-state index contributed by atoms with van der Waals surface area (Å²) in [7, 11) is 0. The largest absolute Gasteiger partial charge is 0.444 e. The van der Waals surface area contributed by atoms with E-state index in [1.165, 1.54) is 0 Å². The van der Waals surface area contributed by atoms with Crippen LogP contribution in [0.5, 0.6) is 0 Å². The first-order valence-electron chi connectivity index (χ1n) is 5.26. The second-order valence-corrected chi connectivity index (χ2v) is 5.03. The Morgan fingerprint density at radius 2 is 2.12 bits per heavy atom. The van der Waals surface area contributed by atoms with Crippen molar-refractivity contribution in [1.82, 2.24) is 10.6 Å². The molecule has 16 heavy (non-hydrogen) atoms. The Kier molecular flexibility index (Phi) is 3.72. The number of alkyl halides is 2. The number of rotatable bonds is 1. The summed E-state index contributed by atoms with van der Waals surface area (Å²) in [5, 5.41) is 5.00. The number of carbonyl (C=O) groups excluding carboxylic acids is 1. The number of ether oxygens (including phenoxy) is 1. The van der Waals surface area contributed by atoms with Crippen LogP contribution < -0.4 is 10.6 Å². The number of nitrogens with one attached hydrogen (secondary N) is 2. The Hall–Kier alpha value is -0.910. The second kappa shape index (κ2) is 4.53. The molecule has 0 saturated carbocycles. The molecule has 1 aliphatic rings. The first kappa shape index (κ1) is 13.2. The van der Waals surface area contributed by atoms with Gasteiger partial charge in [-0.1, -0.05) is 0 Å². The quantitative estimate of drug-likeness (QED) is 0.725. The molecule has 0 radical (unpaired) electrons. The predicted molar refractivity (Wildman–Crippen MR) is 55.6 cm³/mol. The fourth-order valence-electron chi connectivity index (χ4n) is 1.51. The van der Waals surface area contributed by atoms with Crippen molar-refractivity contribution in [2.45, 2.75) is 44.8 Å². The van der Waals surface area contributed by atoms with E-state index in [1.54, 1.807) is 20.8 Å². The van der Waals surface area contributed by atoms with Gasteiger partial charge in [0.15, 0.2) is 0 Å². The van der Waals surface area contributed by atoms with E-state index in [0.717, 1.165) is 0 Å². The van der Waals surface area contributed by atoms with Crippen molar-refractivity contribution >= 4 is 6.09 Å². The monoisotopic (exact) mass is 236 g/mol. The minimum Gasteiger partial charge on any atom is -0.444 e. The number of alkyl carbamates (subject to hydrolysis) is 1. The summed E-state index contributed by atoms with van der Waals surface area (Å²) in [5.41, 5.74) is -0.616. The molecule has 0 aromatic rings. The van der Waals surface area contributed by atoms with Gasteiger partial charge < -0.3 is 15.4 Å². The highest BCUT2D eigenvalue weighted by Gasteiger charge is 2.37. The zero-order valence-electron chi connectivity index (χ0n) is 9.77. The highest BCUT2D eigenvalue weighted by molar-refractivity contribution is 5.68. The van der Waals surface area contributed by atoms with Crippen LogP contribution in [0.2, 0.25) is 0 Å². The van der Waals surface area contributed by atoms with Gasteiger partial charge in [-0.15, -0.1) is 0 Å². The molecule has 1 fully saturated rings. The van der Waals surface area contributed by atoms with Gasteiger partial charge in [-0.2, -0.15) is 0 Å². The predicted octanol–water partition coefficient (Wildman–Crippen LogP) is 1.51. The molecule has 0 bridgehead atoms. The molecular weight excluding hydrogens is 218 g/mol. The van der Waals surface area contributed by atoms with Gasteiger partial charge in [-0.05, 0) is 20.8 Å². The molecule has 0 aromatic carbocycles. The summed E-state index contributed by atoms with van der Waals surface area (Å²) < 4.78 is 31.0. The molecule has 0 aromatic heterocycles. The summed E-state index contributed by atoms with van der Waals surface area (Å²) in [6, 6.07) is -0.585. The molecule has 2 N–H and O–H groups in total. The van der Waals surface area contributed by atoms with Crippen LogP contribution in [-0.4, -0.2) is 36.7 Å². The Morgan fingerprint density at radius 3 is 2.62 bits per heavy atom. The van der Waals surface area contributed by atoms with E-state index in [1.807, 2.05) is 0 Å². The summed E-state index contributed by atoms with van der Waals surface area (Å²) in [5.74, 6) is -2.77. The first-order valence-corrected chi connectivity index (χ1v) is 5.26.